The lowest BCUT2D eigenvalue weighted by Crippen LogP contribution is -2.06. The molecule has 0 saturated carbocycles. The van der Waals surface area contributed by atoms with Gasteiger partial charge in [0.1, 0.15) is 6.61 Å². The third kappa shape index (κ3) is 3.89. The van der Waals surface area contributed by atoms with E-state index in [2.05, 4.69) is 0 Å². The van der Waals surface area contributed by atoms with E-state index < -0.39 is 10.8 Å². The summed E-state index contributed by atoms with van der Waals surface area (Å²) in [6, 6.07) is 21.1. The van der Waals surface area contributed by atoms with Crippen molar-refractivity contribution in [2.75, 3.05) is 6.26 Å². The molecule has 0 aliphatic rings. The van der Waals surface area contributed by atoms with Crippen LogP contribution in [0.5, 0.6) is 0 Å². The normalized spacial score (nSPS) is 12.0. The second kappa shape index (κ2) is 7.41. The van der Waals surface area contributed by atoms with E-state index in [1.54, 1.807) is 24.5 Å². The number of esters is 1. The molecular weight excluding hydrogens is 320 g/mol. The first-order chi connectivity index (χ1) is 11.6. The lowest BCUT2D eigenvalue weighted by atomic mass is 10.1. The highest BCUT2D eigenvalue weighted by molar-refractivity contribution is 7.83. The van der Waals surface area contributed by atoms with Crippen molar-refractivity contribution in [1.29, 1.82) is 0 Å². The van der Waals surface area contributed by atoms with Gasteiger partial charge in [-0.1, -0.05) is 54.6 Å². The first-order valence-corrected chi connectivity index (χ1v) is 9.39. The second-order valence-corrected chi connectivity index (χ2v) is 7.07. The number of hydrogen-bond acceptors (Lipinski definition) is 3. The van der Waals surface area contributed by atoms with Crippen molar-refractivity contribution < 1.29 is 13.7 Å². The minimum Gasteiger partial charge on any atom is -0.457 e. The van der Waals surface area contributed by atoms with E-state index in [-0.39, 0.29) is 12.6 Å². The van der Waals surface area contributed by atoms with E-state index in [1.165, 1.54) is 0 Å². The summed E-state index contributed by atoms with van der Waals surface area (Å²) in [4.78, 5) is 12.3. The van der Waals surface area contributed by atoms with Crippen LogP contribution in [0.3, 0.4) is 0 Å². The van der Waals surface area contributed by atoms with Crippen molar-refractivity contribution in [2.45, 2.75) is 12.4 Å². The largest absolute Gasteiger partial charge is 0.457 e. The molecular formula is C20H18O3S. The maximum atomic E-state index is 12.3. The first-order valence-electron chi connectivity index (χ1n) is 7.66. The SMILES string of the molecule is CS(=O)Cc1cccc(C(=O)OCc2cccc3ccccc23)c1. The zero-order valence-corrected chi connectivity index (χ0v) is 14.2. The van der Waals surface area contributed by atoms with E-state index in [9.17, 15) is 9.00 Å². The number of rotatable bonds is 5. The minimum absolute atomic E-state index is 0.226. The van der Waals surface area contributed by atoms with Crippen LogP contribution in [0.15, 0.2) is 66.7 Å². The van der Waals surface area contributed by atoms with Crippen LogP contribution in [0.1, 0.15) is 21.5 Å². The molecule has 3 aromatic rings. The standard InChI is InChI=1S/C20H18O3S/c1-24(22)14-15-6-4-9-17(12-15)20(21)23-13-18-10-5-8-16-7-2-3-11-19(16)18/h2-12H,13-14H2,1H3. The molecule has 3 rings (SSSR count). The summed E-state index contributed by atoms with van der Waals surface area (Å²) in [5.41, 5.74) is 2.33. The summed E-state index contributed by atoms with van der Waals surface area (Å²) >= 11 is 0. The minimum atomic E-state index is -0.939. The van der Waals surface area contributed by atoms with Gasteiger partial charge in [-0.15, -0.1) is 0 Å². The van der Waals surface area contributed by atoms with Crippen molar-refractivity contribution in [1.82, 2.24) is 0 Å². The Bertz CT molecular complexity index is 897. The number of carbonyl (C=O) groups is 1. The second-order valence-electron chi connectivity index (χ2n) is 5.63. The number of benzene rings is 3. The van der Waals surface area contributed by atoms with Gasteiger partial charge in [-0.3, -0.25) is 4.21 Å². The van der Waals surface area contributed by atoms with Crippen LogP contribution in [-0.2, 0) is 27.9 Å². The molecule has 0 bridgehead atoms. The molecule has 0 aliphatic heterocycles. The van der Waals surface area contributed by atoms with Crippen LogP contribution >= 0.6 is 0 Å². The predicted molar refractivity (Wildman–Crippen MR) is 97.3 cm³/mol. The third-order valence-corrected chi connectivity index (χ3v) is 4.51. The summed E-state index contributed by atoms with van der Waals surface area (Å²) in [6.07, 6.45) is 1.64. The fourth-order valence-corrected chi connectivity index (χ4v) is 3.32. The van der Waals surface area contributed by atoms with Crippen LogP contribution < -0.4 is 0 Å². The molecule has 3 aromatic carbocycles. The predicted octanol–water partition coefficient (Wildman–Crippen LogP) is 4.08. The average molecular weight is 338 g/mol. The van der Waals surface area contributed by atoms with E-state index in [0.717, 1.165) is 21.9 Å². The fraction of sp³-hybridized carbons (Fsp3) is 0.150. The molecule has 0 N–H and O–H groups in total. The van der Waals surface area contributed by atoms with Gasteiger partial charge in [-0.25, -0.2) is 4.79 Å². The Labute approximate surface area is 143 Å². The van der Waals surface area contributed by atoms with Crippen LogP contribution in [0.4, 0.5) is 0 Å². The smallest absolute Gasteiger partial charge is 0.338 e. The quantitative estimate of drug-likeness (QED) is 0.659. The van der Waals surface area contributed by atoms with Crippen LogP contribution in [0.2, 0.25) is 0 Å². The van der Waals surface area contributed by atoms with Crippen molar-refractivity contribution >= 4 is 27.5 Å². The van der Waals surface area contributed by atoms with Gasteiger partial charge < -0.3 is 4.74 Å². The fourth-order valence-electron chi connectivity index (χ4n) is 2.67. The summed E-state index contributed by atoms with van der Waals surface area (Å²) in [5, 5.41) is 2.21. The van der Waals surface area contributed by atoms with Gasteiger partial charge >= 0.3 is 5.97 Å². The Morgan fingerprint density at radius 2 is 1.75 bits per heavy atom. The monoisotopic (exact) mass is 338 g/mol. The third-order valence-electron chi connectivity index (χ3n) is 3.77. The lowest BCUT2D eigenvalue weighted by Gasteiger charge is -2.09. The highest BCUT2D eigenvalue weighted by Gasteiger charge is 2.10. The molecule has 0 spiro atoms. The molecule has 0 heterocycles. The zero-order valence-electron chi connectivity index (χ0n) is 13.4. The molecule has 0 radical (unpaired) electrons. The Hall–Kier alpha value is -2.46. The Morgan fingerprint density at radius 1 is 1.00 bits per heavy atom. The van der Waals surface area contributed by atoms with Gasteiger partial charge in [0.25, 0.3) is 0 Å². The van der Waals surface area contributed by atoms with Crippen molar-refractivity contribution in [3.05, 3.63) is 83.4 Å². The Kier molecular flexibility index (Phi) is 5.06. The molecule has 1 atom stereocenters. The van der Waals surface area contributed by atoms with Crippen LogP contribution in [0, 0.1) is 0 Å². The van der Waals surface area contributed by atoms with Crippen LogP contribution in [0.25, 0.3) is 10.8 Å². The summed E-state index contributed by atoms with van der Waals surface area (Å²) in [5.74, 6) is 0.0661. The Balaban J connectivity index is 1.74. The van der Waals surface area contributed by atoms with E-state index >= 15 is 0 Å². The van der Waals surface area contributed by atoms with Gasteiger partial charge in [-0.05, 0) is 34.0 Å². The van der Waals surface area contributed by atoms with Gasteiger partial charge in [0.2, 0.25) is 0 Å². The van der Waals surface area contributed by atoms with E-state index in [0.29, 0.717) is 11.3 Å². The number of ether oxygens (including phenoxy) is 1. The average Bonchev–Trinajstić information content (AvgIpc) is 2.59. The van der Waals surface area contributed by atoms with Crippen molar-refractivity contribution in [3.8, 4) is 0 Å². The maximum absolute atomic E-state index is 12.3. The van der Waals surface area contributed by atoms with Crippen molar-refractivity contribution in [2.24, 2.45) is 0 Å². The number of carbonyl (C=O) groups excluding carboxylic acids is 1. The molecule has 1 unspecified atom stereocenters. The molecule has 24 heavy (non-hydrogen) atoms. The maximum Gasteiger partial charge on any atom is 0.338 e. The summed E-state index contributed by atoms with van der Waals surface area (Å²) in [6.45, 7) is 0.226. The molecule has 0 aromatic heterocycles. The van der Waals surface area contributed by atoms with E-state index in [1.807, 2.05) is 48.5 Å². The molecule has 0 aliphatic carbocycles. The van der Waals surface area contributed by atoms with Gasteiger partial charge in [0, 0.05) is 22.8 Å². The van der Waals surface area contributed by atoms with E-state index in [4.69, 9.17) is 4.74 Å². The topological polar surface area (TPSA) is 43.4 Å². The zero-order chi connectivity index (χ0) is 16.9. The van der Waals surface area contributed by atoms with Gasteiger partial charge in [0.05, 0.1) is 5.56 Å². The number of fused-ring (bicyclic) bond motifs is 1. The van der Waals surface area contributed by atoms with Gasteiger partial charge in [-0.2, -0.15) is 0 Å². The highest BCUT2D eigenvalue weighted by atomic mass is 32.2. The first kappa shape index (κ1) is 16.4. The molecule has 122 valence electrons. The van der Waals surface area contributed by atoms with Gasteiger partial charge in [0.15, 0.2) is 0 Å². The molecule has 0 saturated heterocycles. The molecule has 0 amide bonds. The molecule has 3 nitrogen and oxygen atoms in total. The summed E-state index contributed by atoms with van der Waals surface area (Å²) < 4.78 is 16.8. The molecule has 0 fully saturated rings. The Morgan fingerprint density at radius 3 is 2.58 bits per heavy atom. The van der Waals surface area contributed by atoms with Crippen LogP contribution in [-0.4, -0.2) is 16.4 Å². The highest BCUT2D eigenvalue weighted by Crippen LogP contribution is 2.19. The molecule has 4 heteroatoms. The lowest BCUT2D eigenvalue weighted by molar-refractivity contribution is 0.0474. The number of hydrogen-bond donors (Lipinski definition) is 0. The van der Waals surface area contributed by atoms with Crippen molar-refractivity contribution in [3.63, 3.8) is 0 Å². The summed E-state index contributed by atoms with van der Waals surface area (Å²) in [7, 11) is -0.939.